The lowest BCUT2D eigenvalue weighted by molar-refractivity contribution is -0.143. The van der Waals surface area contributed by atoms with Crippen LogP contribution in [0.2, 0.25) is 0 Å². The lowest BCUT2D eigenvalue weighted by Crippen LogP contribution is -2.52. The number of carbonyl (C=O) groups excluding carboxylic acids is 2. The quantitative estimate of drug-likeness (QED) is 0.848. The zero-order valence-corrected chi connectivity index (χ0v) is 13.3. The minimum atomic E-state index is -0.737. The van der Waals surface area contributed by atoms with Gasteiger partial charge in [-0.05, 0) is 13.8 Å². The summed E-state index contributed by atoms with van der Waals surface area (Å²) < 4.78 is 15.3. The third-order valence-electron chi connectivity index (χ3n) is 3.67. The van der Waals surface area contributed by atoms with Crippen LogP contribution in [0.3, 0.4) is 0 Å². The van der Waals surface area contributed by atoms with Gasteiger partial charge in [0.15, 0.2) is 11.5 Å². The van der Waals surface area contributed by atoms with Gasteiger partial charge in [0.05, 0.1) is 32.7 Å². The van der Waals surface area contributed by atoms with Gasteiger partial charge in [0, 0.05) is 12.1 Å². The Morgan fingerprint density at radius 3 is 2.36 bits per heavy atom. The highest BCUT2D eigenvalue weighted by Gasteiger charge is 2.37. The van der Waals surface area contributed by atoms with E-state index in [-0.39, 0.29) is 5.91 Å². The van der Waals surface area contributed by atoms with Crippen LogP contribution in [-0.2, 0) is 14.3 Å². The second-order valence-corrected chi connectivity index (χ2v) is 5.00. The number of ether oxygens (including phenoxy) is 3. The third kappa shape index (κ3) is 2.54. The Morgan fingerprint density at radius 2 is 1.82 bits per heavy atom. The maximum Gasteiger partial charge on any atom is 0.328 e. The predicted octanol–water partition coefficient (Wildman–Crippen LogP) is 1.41. The first-order valence-electron chi connectivity index (χ1n) is 6.88. The number of anilines is 2. The number of nitrogens with zero attached hydrogens (tertiary/aromatic N) is 1. The zero-order chi connectivity index (χ0) is 16.4. The van der Waals surface area contributed by atoms with E-state index in [0.29, 0.717) is 22.9 Å². The van der Waals surface area contributed by atoms with Crippen LogP contribution in [0.5, 0.6) is 11.5 Å². The minimum Gasteiger partial charge on any atom is -0.493 e. The molecule has 0 bridgehead atoms. The maximum absolute atomic E-state index is 12.5. The molecule has 7 heteroatoms. The van der Waals surface area contributed by atoms with Crippen molar-refractivity contribution >= 4 is 23.3 Å². The largest absolute Gasteiger partial charge is 0.493 e. The molecule has 2 atom stereocenters. The molecule has 1 N–H and O–H groups in total. The molecular formula is C15H20N2O5. The van der Waals surface area contributed by atoms with E-state index in [9.17, 15) is 9.59 Å². The lowest BCUT2D eigenvalue weighted by atomic mass is 10.1. The van der Waals surface area contributed by atoms with E-state index in [0.717, 1.165) is 0 Å². The Morgan fingerprint density at radius 1 is 1.23 bits per heavy atom. The van der Waals surface area contributed by atoms with E-state index in [4.69, 9.17) is 14.2 Å². The van der Waals surface area contributed by atoms with Crippen molar-refractivity contribution in [3.05, 3.63) is 12.1 Å². The number of nitrogens with one attached hydrogen (secondary N) is 1. The summed E-state index contributed by atoms with van der Waals surface area (Å²) in [4.78, 5) is 25.8. The fourth-order valence-corrected chi connectivity index (χ4v) is 2.48. The van der Waals surface area contributed by atoms with Gasteiger partial charge in [0.1, 0.15) is 12.1 Å². The first kappa shape index (κ1) is 15.9. The molecule has 0 aromatic heterocycles. The van der Waals surface area contributed by atoms with Crippen molar-refractivity contribution in [2.75, 3.05) is 31.5 Å². The molecule has 0 fully saturated rings. The van der Waals surface area contributed by atoms with Crippen molar-refractivity contribution < 1.29 is 23.8 Å². The average Bonchev–Trinajstić information content (AvgIpc) is 2.53. The van der Waals surface area contributed by atoms with E-state index in [1.54, 1.807) is 26.0 Å². The van der Waals surface area contributed by atoms with Crippen LogP contribution in [0.25, 0.3) is 0 Å². The number of hydrogen-bond acceptors (Lipinski definition) is 6. The summed E-state index contributed by atoms with van der Waals surface area (Å²) in [6.45, 7) is 3.36. The fourth-order valence-electron chi connectivity index (χ4n) is 2.48. The molecule has 0 radical (unpaired) electrons. The van der Waals surface area contributed by atoms with Crippen LogP contribution in [0.1, 0.15) is 13.8 Å². The van der Waals surface area contributed by atoms with E-state index in [1.165, 1.54) is 26.2 Å². The molecule has 1 heterocycles. The van der Waals surface area contributed by atoms with Gasteiger partial charge in [-0.25, -0.2) is 4.79 Å². The Hall–Kier alpha value is -2.44. The van der Waals surface area contributed by atoms with Crippen molar-refractivity contribution in [1.82, 2.24) is 0 Å². The fraction of sp³-hybridized carbons (Fsp3) is 0.467. The van der Waals surface area contributed by atoms with E-state index < -0.39 is 18.1 Å². The van der Waals surface area contributed by atoms with Crippen molar-refractivity contribution in [3.8, 4) is 11.5 Å². The smallest absolute Gasteiger partial charge is 0.328 e. The van der Waals surface area contributed by atoms with Crippen LogP contribution in [-0.4, -0.2) is 45.3 Å². The van der Waals surface area contributed by atoms with Crippen LogP contribution < -0.4 is 19.7 Å². The summed E-state index contributed by atoms with van der Waals surface area (Å²) >= 11 is 0. The number of hydrogen-bond donors (Lipinski definition) is 1. The number of fused-ring (bicyclic) bond motifs is 1. The number of carbonyl (C=O) groups is 2. The van der Waals surface area contributed by atoms with Crippen LogP contribution in [0.15, 0.2) is 12.1 Å². The summed E-state index contributed by atoms with van der Waals surface area (Å²) in [5.41, 5.74) is 1.25. The highest BCUT2D eigenvalue weighted by atomic mass is 16.5. The van der Waals surface area contributed by atoms with Crippen molar-refractivity contribution in [1.29, 1.82) is 0 Å². The first-order valence-corrected chi connectivity index (χ1v) is 6.88. The third-order valence-corrected chi connectivity index (χ3v) is 3.67. The minimum absolute atomic E-state index is 0.211. The molecule has 1 aliphatic rings. The predicted molar refractivity (Wildman–Crippen MR) is 81.6 cm³/mol. The molecule has 1 aromatic rings. The molecule has 1 aromatic carbocycles. The molecule has 0 saturated heterocycles. The van der Waals surface area contributed by atoms with E-state index in [1.807, 2.05) is 0 Å². The van der Waals surface area contributed by atoms with Crippen LogP contribution in [0.4, 0.5) is 11.4 Å². The van der Waals surface area contributed by atoms with Gasteiger partial charge in [0.25, 0.3) is 0 Å². The highest BCUT2D eigenvalue weighted by Crippen LogP contribution is 2.41. The molecule has 22 heavy (non-hydrogen) atoms. The zero-order valence-electron chi connectivity index (χ0n) is 13.3. The van der Waals surface area contributed by atoms with Gasteiger partial charge >= 0.3 is 5.97 Å². The molecule has 2 rings (SSSR count). The van der Waals surface area contributed by atoms with Gasteiger partial charge in [-0.3, -0.25) is 9.69 Å². The summed E-state index contributed by atoms with van der Waals surface area (Å²) in [7, 11) is 4.35. The topological polar surface area (TPSA) is 77.1 Å². The SMILES string of the molecule is COC(=O)C(C)N1C(=O)C(C)Nc2cc(OC)c(OC)cc21. The molecule has 2 unspecified atom stereocenters. The molecule has 0 saturated carbocycles. The standard InChI is InChI=1S/C15H20N2O5/c1-8-14(18)17(9(2)15(19)22-5)11-7-13(21-4)12(20-3)6-10(11)16-8/h6-9,16H,1-5H3. The summed E-state index contributed by atoms with van der Waals surface area (Å²) in [5, 5.41) is 3.10. The van der Waals surface area contributed by atoms with E-state index in [2.05, 4.69) is 5.32 Å². The summed E-state index contributed by atoms with van der Waals surface area (Å²) in [6.07, 6.45) is 0. The van der Waals surface area contributed by atoms with Gasteiger partial charge in [-0.1, -0.05) is 0 Å². The van der Waals surface area contributed by atoms with Gasteiger partial charge in [-0.2, -0.15) is 0 Å². The number of esters is 1. The second-order valence-electron chi connectivity index (χ2n) is 5.00. The molecule has 1 amide bonds. The Bertz CT molecular complexity index is 602. The molecule has 0 aliphatic carbocycles. The number of amides is 1. The normalized spacial score (nSPS) is 18.1. The first-order chi connectivity index (χ1) is 10.4. The van der Waals surface area contributed by atoms with E-state index >= 15 is 0 Å². The Kier molecular flexibility index (Phi) is 4.44. The Labute approximate surface area is 129 Å². The van der Waals surface area contributed by atoms with Crippen LogP contribution >= 0.6 is 0 Å². The summed E-state index contributed by atoms with van der Waals surface area (Å²) in [6, 6.07) is 2.22. The molecule has 0 spiro atoms. The highest BCUT2D eigenvalue weighted by molar-refractivity contribution is 6.08. The lowest BCUT2D eigenvalue weighted by Gasteiger charge is -2.37. The molecule has 1 aliphatic heterocycles. The monoisotopic (exact) mass is 308 g/mol. The van der Waals surface area contributed by atoms with Crippen molar-refractivity contribution in [3.63, 3.8) is 0 Å². The van der Waals surface area contributed by atoms with Gasteiger partial charge < -0.3 is 19.5 Å². The Balaban J connectivity index is 2.57. The van der Waals surface area contributed by atoms with Gasteiger partial charge in [-0.15, -0.1) is 0 Å². The summed E-state index contributed by atoms with van der Waals surface area (Å²) in [5.74, 6) is 0.328. The number of benzene rings is 1. The van der Waals surface area contributed by atoms with Crippen molar-refractivity contribution in [2.24, 2.45) is 0 Å². The maximum atomic E-state index is 12.5. The molecule has 120 valence electrons. The molecule has 7 nitrogen and oxygen atoms in total. The average molecular weight is 308 g/mol. The van der Waals surface area contributed by atoms with Gasteiger partial charge in [0.2, 0.25) is 5.91 Å². The van der Waals surface area contributed by atoms with Crippen LogP contribution in [0, 0.1) is 0 Å². The van der Waals surface area contributed by atoms with Crippen molar-refractivity contribution in [2.45, 2.75) is 25.9 Å². The number of rotatable bonds is 4. The molecular weight excluding hydrogens is 288 g/mol. The second kappa shape index (κ2) is 6.13. The number of methoxy groups -OCH3 is 3.